The molecule has 3 aromatic rings. The highest BCUT2D eigenvalue weighted by Crippen LogP contribution is 2.25. The molecule has 6 heteroatoms. The van der Waals surface area contributed by atoms with Crippen LogP contribution in [-0.4, -0.2) is 26.5 Å². The average Bonchev–Trinajstić information content (AvgIpc) is 3.03. The number of nitrogens with zero attached hydrogens (tertiary/aromatic N) is 2. The normalized spacial score (nSPS) is 10.7. The van der Waals surface area contributed by atoms with Crippen LogP contribution in [0.25, 0.3) is 11.1 Å². The highest BCUT2D eigenvalue weighted by Gasteiger charge is 2.15. The van der Waals surface area contributed by atoms with Crippen LogP contribution in [0.1, 0.15) is 21.6 Å². The summed E-state index contributed by atoms with van der Waals surface area (Å²) < 4.78 is 0. The van der Waals surface area contributed by atoms with Gasteiger partial charge in [-0.25, -0.2) is 4.79 Å². The second-order valence-corrected chi connectivity index (χ2v) is 6.10. The first kappa shape index (κ1) is 15.3. The molecule has 0 radical (unpaired) electrons. The lowest BCUT2D eigenvalue weighted by Gasteiger charge is -2.05. The number of carboxylic acids is 1. The van der Waals surface area contributed by atoms with E-state index >= 15 is 0 Å². The molecular weight excluding hydrogens is 310 g/mol. The third-order valence-corrected chi connectivity index (χ3v) is 4.47. The number of hydrogen-bond acceptors (Lipinski definition) is 4. The highest BCUT2D eigenvalue weighted by atomic mass is 32.2. The molecule has 116 valence electrons. The van der Waals surface area contributed by atoms with Gasteiger partial charge in [-0.05, 0) is 23.6 Å². The highest BCUT2D eigenvalue weighted by molar-refractivity contribution is 7.98. The van der Waals surface area contributed by atoms with Crippen LogP contribution in [0, 0.1) is 6.92 Å². The molecule has 0 aliphatic rings. The summed E-state index contributed by atoms with van der Waals surface area (Å²) >= 11 is 1.35. The maximum absolute atomic E-state index is 11.0. The van der Waals surface area contributed by atoms with Gasteiger partial charge in [-0.15, -0.1) is 10.2 Å². The van der Waals surface area contributed by atoms with E-state index < -0.39 is 5.97 Å². The van der Waals surface area contributed by atoms with Crippen LogP contribution in [-0.2, 0) is 5.75 Å². The van der Waals surface area contributed by atoms with Crippen molar-refractivity contribution < 1.29 is 9.90 Å². The van der Waals surface area contributed by atoms with Gasteiger partial charge in [-0.1, -0.05) is 65.9 Å². The van der Waals surface area contributed by atoms with Gasteiger partial charge in [0, 0.05) is 5.75 Å². The Morgan fingerprint density at radius 2 is 1.65 bits per heavy atom. The minimum absolute atomic E-state index is 0.0359. The number of benzene rings is 2. The van der Waals surface area contributed by atoms with Gasteiger partial charge in [0.05, 0.1) is 0 Å². The van der Waals surface area contributed by atoms with Crippen LogP contribution in [0.2, 0.25) is 0 Å². The van der Waals surface area contributed by atoms with Gasteiger partial charge in [0.2, 0.25) is 5.69 Å². The van der Waals surface area contributed by atoms with Gasteiger partial charge in [-0.2, -0.15) is 5.21 Å². The maximum atomic E-state index is 11.0. The lowest BCUT2D eigenvalue weighted by molar-refractivity contribution is 0.0686. The molecule has 1 aromatic heterocycles. The number of aromatic nitrogens is 3. The Morgan fingerprint density at radius 1 is 1.04 bits per heavy atom. The zero-order valence-corrected chi connectivity index (χ0v) is 13.3. The molecule has 0 amide bonds. The number of rotatable bonds is 5. The fourth-order valence-corrected chi connectivity index (χ4v) is 3.02. The second-order valence-electron chi connectivity index (χ2n) is 5.13. The van der Waals surface area contributed by atoms with E-state index in [0.29, 0.717) is 10.8 Å². The number of hydrogen-bond donors (Lipinski definition) is 2. The number of carboxylic acid groups (broad SMARTS) is 1. The first-order chi connectivity index (χ1) is 11.1. The first-order valence-corrected chi connectivity index (χ1v) is 8.05. The Kier molecular flexibility index (Phi) is 4.43. The molecule has 0 saturated carbocycles. The molecule has 0 aliphatic carbocycles. The molecule has 0 fully saturated rings. The van der Waals surface area contributed by atoms with Gasteiger partial charge in [0.25, 0.3) is 0 Å². The van der Waals surface area contributed by atoms with Crippen molar-refractivity contribution in [2.24, 2.45) is 0 Å². The van der Waals surface area contributed by atoms with E-state index in [1.54, 1.807) is 0 Å². The van der Waals surface area contributed by atoms with E-state index in [4.69, 9.17) is 5.11 Å². The summed E-state index contributed by atoms with van der Waals surface area (Å²) in [6.45, 7) is 2.07. The van der Waals surface area contributed by atoms with E-state index in [1.807, 2.05) is 12.1 Å². The van der Waals surface area contributed by atoms with Crippen molar-refractivity contribution in [1.82, 2.24) is 15.4 Å². The lowest BCUT2D eigenvalue weighted by Crippen LogP contribution is -1.98. The second kappa shape index (κ2) is 6.66. The molecule has 0 atom stereocenters. The smallest absolute Gasteiger partial charge is 0.359 e. The summed E-state index contributed by atoms with van der Waals surface area (Å²) in [5.41, 5.74) is 4.64. The Hall–Kier alpha value is -2.60. The topological polar surface area (TPSA) is 78.9 Å². The van der Waals surface area contributed by atoms with Crippen LogP contribution in [0.5, 0.6) is 0 Å². The molecule has 23 heavy (non-hydrogen) atoms. The number of H-pyrrole nitrogens is 1. The van der Waals surface area contributed by atoms with Crippen LogP contribution < -0.4 is 0 Å². The van der Waals surface area contributed by atoms with E-state index in [0.717, 1.165) is 11.1 Å². The van der Waals surface area contributed by atoms with Crippen molar-refractivity contribution in [3.8, 4) is 11.1 Å². The van der Waals surface area contributed by atoms with Crippen molar-refractivity contribution in [3.05, 3.63) is 65.4 Å². The molecule has 0 bridgehead atoms. The van der Waals surface area contributed by atoms with Crippen LogP contribution in [0.4, 0.5) is 0 Å². The molecule has 3 rings (SSSR count). The Morgan fingerprint density at radius 3 is 2.26 bits per heavy atom. The van der Waals surface area contributed by atoms with Crippen molar-refractivity contribution in [2.45, 2.75) is 17.7 Å². The summed E-state index contributed by atoms with van der Waals surface area (Å²) in [6.07, 6.45) is 0. The number of aromatic amines is 1. The molecule has 0 saturated heterocycles. The summed E-state index contributed by atoms with van der Waals surface area (Å²) in [7, 11) is 0. The summed E-state index contributed by atoms with van der Waals surface area (Å²) in [4.78, 5) is 11.0. The molecule has 0 unspecified atom stereocenters. The van der Waals surface area contributed by atoms with E-state index in [1.165, 1.54) is 22.9 Å². The SMILES string of the molecule is Cc1ccc(-c2ccc(CSc3n[nH]nc3C(=O)O)cc2)cc1. The van der Waals surface area contributed by atoms with E-state index in [9.17, 15) is 4.79 Å². The van der Waals surface area contributed by atoms with Crippen molar-refractivity contribution in [2.75, 3.05) is 0 Å². The van der Waals surface area contributed by atoms with Crippen LogP contribution >= 0.6 is 11.8 Å². The standard InChI is InChI=1S/C17H15N3O2S/c1-11-2-6-13(7-3-11)14-8-4-12(5-9-14)10-23-16-15(17(21)22)18-20-19-16/h2-9H,10H2,1H3,(H,21,22)(H,18,19,20). The zero-order chi connectivity index (χ0) is 16.2. The molecular formula is C17H15N3O2S. The molecule has 2 N–H and O–H groups in total. The fourth-order valence-electron chi connectivity index (χ4n) is 2.15. The minimum atomic E-state index is -1.07. The number of thioether (sulfide) groups is 1. The number of aryl methyl sites for hydroxylation is 1. The van der Waals surface area contributed by atoms with E-state index in [-0.39, 0.29) is 5.69 Å². The average molecular weight is 325 g/mol. The predicted octanol–water partition coefficient (Wildman–Crippen LogP) is 3.77. The number of carbonyl (C=O) groups is 1. The molecule has 5 nitrogen and oxygen atoms in total. The third kappa shape index (κ3) is 3.60. The number of aromatic carboxylic acids is 1. The molecule has 0 aliphatic heterocycles. The summed E-state index contributed by atoms with van der Waals surface area (Å²) in [6, 6.07) is 16.6. The van der Waals surface area contributed by atoms with Gasteiger partial charge < -0.3 is 5.11 Å². The molecule has 1 heterocycles. The Balaban J connectivity index is 1.69. The van der Waals surface area contributed by atoms with Gasteiger partial charge in [-0.3, -0.25) is 0 Å². The van der Waals surface area contributed by atoms with Gasteiger partial charge >= 0.3 is 5.97 Å². The molecule has 2 aromatic carbocycles. The quantitative estimate of drug-likeness (QED) is 0.698. The Labute approximate surface area is 137 Å². The van der Waals surface area contributed by atoms with Gasteiger partial charge in [0.15, 0.2) is 5.03 Å². The Bertz CT molecular complexity index is 811. The maximum Gasteiger partial charge on any atom is 0.359 e. The molecule has 0 spiro atoms. The summed E-state index contributed by atoms with van der Waals surface area (Å²) in [5.74, 6) is -0.433. The summed E-state index contributed by atoms with van der Waals surface area (Å²) in [5, 5.41) is 19.3. The lowest BCUT2D eigenvalue weighted by atomic mass is 10.0. The zero-order valence-electron chi connectivity index (χ0n) is 12.5. The van der Waals surface area contributed by atoms with Crippen LogP contribution in [0.3, 0.4) is 0 Å². The predicted molar refractivity (Wildman–Crippen MR) is 89.5 cm³/mol. The van der Waals surface area contributed by atoms with Crippen molar-refractivity contribution >= 4 is 17.7 Å². The van der Waals surface area contributed by atoms with E-state index in [2.05, 4.69) is 58.7 Å². The monoisotopic (exact) mass is 325 g/mol. The van der Waals surface area contributed by atoms with Crippen LogP contribution in [0.15, 0.2) is 53.6 Å². The first-order valence-electron chi connectivity index (χ1n) is 7.06. The largest absolute Gasteiger partial charge is 0.476 e. The fraction of sp³-hybridized carbons (Fsp3) is 0.118. The number of nitrogens with one attached hydrogen (secondary N) is 1. The van der Waals surface area contributed by atoms with Crippen molar-refractivity contribution in [1.29, 1.82) is 0 Å². The minimum Gasteiger partial charge on any atom is -0.476 e. The van der Waals surface area contributed by atoms with Crippen molar-refractivity contribution in [3.63, 3.8) is 0 Å². The van der Waals surface area contributed by atoms with Gasteiger partial charge in [0.1, 0.15) is 0 Å². The third-order valence-electron chi connectivity index (χ3n) is 3.43.